The minimum atomic E-state index is 0.564. The highest BCUT2D eigenvalue weighted by molar-refractivity contribution is 6.14. The van der Waals surface area contributed by atoms with Gasteiger partial charge in [-0.05, 0) is 129 Å². The lowest BCUT2D eigenvalue weighted by molar-refractivity contribution is 0.669. The summed E-state index contributed by atoms with van der Waals surface area (Å²) in [7, 11) is 0. The van der Waals surface area contributed by atoms with Gasteiger partial charge in [0.1, 0.15) is 22.3 Å². The lowest BCUT2D eigenvalue weighted by Crippen LogP contribution is -2.00. The Morgan fingerprint density at radius 3 is 1.48 bits per heavy atom. The highest BCUT2D eigenvalue weighted by atomic mass is 16.3. The topological polar surface area (TPSA) is 69.9 Å². The predicted molar refractivity (Wildman–Crippen MR) is 332 cm³/mol. The van der Waals surface area contributed by atoms with Gasteiger partial charge < -0.3 is 13.4 Å². The molecule has 4 aromatic heterocycles. The molecule has 0 aliphatic rings. The number of hydrogen-bond acceptors (Lipinski definition) is 5. The van der Waals surface area contributed by atoms with Gasteiger partial charge in [0.25, 0.3) is 0 Å². The number of para-hydroxylation sites is 3. The van der Waals surface area contributed by atoms with Crippen molar-refractivity contribution in [3.63, 3.8) is 0 Å². The molecular weight excluding hydrogens is 989 g/mol. The van der Waals surface area contributed by atoms with Crippen molar-refractivity contribution in [2.24, 2.45) is 0 Å². The van der Waals surface area contributed by atoms with E-state index >= 15 is 0 Å². The number of aromatic nitrogens is 4. The molecule has 6 nitrogen and oxygen atoms in total. The number of furan rings is 2. The summed E-state index contributed by atoms with van der Waals surface area (Å²) in [6.45, 7) is 0. The van der Waals surface area contributed by atoms with Crippen LogP contribution in [-0.2, 0) is 0 Å². The molecule has 0 N–H and O–H groups in total. The van der Waals surface area contributed by atoms with E-state index in [-0.39, 0.29) is 0 Å². The molecule has 0 amide bonds. The van der Waals surface area contributed by atoms with Gasteiger partial charge in [0.05, 0.1) is 11.0 Å². The number of benzene rings is 12. The quantitative estimate of drug-likeness (QED) is 0.144. The maximum atomic E-state index is 6.65. The summed E-state index contributed by atoms with van der Waals surface area (Å²) in [5.41, 5.74) is 20.5. The largest absolute Gasteiger partial charge is 0.456 e. The van der Waals surface area contributed by atoms with Gasteiger partial charge in [-0.3, -0.25) is 0 Å². The maximum absolute atomic E-state index is 6.65. The minimum Gasteiger partial charge on any atom is -0.456 e. The highest BCUT2D eigenvalue weighted by Crippen LogP contribution is 2.42. The minimum absolute atomic E-state index is 0.564. The molecule has 0 radical (unpaired) electrons. The van der Waals surface area contributed by atoms with Gasteiger partial charge in [-0.2, -0.15) is 0 Å². The molecule has 0 atom stereocenters. The van der Waals surface area contributed by atoms with Crippen molar-refractivity contribution in [1.82, 2.24) is 19.5 Å². The summed E-state index contributed by atoms with van der Waals surface area (Å²) < 4.78 is 15.5. The first kappa shape index (κ1) is 46.2. The second-order valence-electron chi connectivity index (χ2n) is 20.7. The van der Waals surface area contributed by atoms with E-state index in [0.29, 0.717) is 17.5 Å². The molecule has 81 heavy (non-hydrogen) atoms. The average molecular weight is 1040 g/mol. The third kappa shape index (κ3) is 7.99. The van der Waals surface area contributed by atoms with Crippen LogP contribution in [0.5, 0.6) is 0 Å². The van der Waals surface area contributed by atoms with Crippen LogP contribution < -0.4 is 0 Å². The third-order valence-corrected chi connectivity index (χ3v) is 15.9. The van der Waals surface area contributed by atoms with E-state index in [2.05, 4.69) is 241 Å². The fourth-order valence-electron chi connectivity index (χ4n) is 12.0. The Bertz CT molecular complexity index is 5040. The molecular formula is C75H46N4O2. The molecule has 0 aliphatic heterocycles. The highest BCUT2D eigenvalue weighted by Gasteiger charge is 2.21. The van der Waals surface area contributed by atoms with Crippen LogP contribution in [0.15, 0.2) is 288 Å². The lowest BCUT2D eigenvalue weighted by atomic mass is 9.93. The first-order valence-electron chi connectivity index (χ1n) is 27.3. The van der Waals surface area contributed by atoms with E-state index in [9.17, 15) is 0 Å². The van der Waals surface area contributed by atoms with Crippen LogP contribution in [-0.4, -0.2) is 19.5 Å². The van der Waals surface area contributed by atoms with Crippen LogP contribution in [0.1, 0.15) is 0 Å². The zero-order chi connectivity index (χ0) is 53.4. The molecule has 378 valence electrons. The number of rotatable bonds is 9. The van der Waals surface area contributed by atoms with Crippen LogP contribution >= 0.6 is 0 Å². The smallest absolute Gasteiger partial charge is 0.164 e. The third-order valence-electron chi connectivity index (χ3n) is 15.9. The van der Waals surface area contributed by atoms with Gasteiger partial charge in [-0.25, -0.2) is 15.0 Å². The molecule has 0 saturated heterocycles. The van der Waals surface area contributed by atoms with Crippen LogP contribution in [0.3, 0.4) is 0 Å². The molecule has 16 rings (SSSR count). The van der Waals surface area contributed by atoms with Crippen molar-refractivity contribution >= 4 is 65.7 Å². The summed E-state index contributed by atoms with van der Waals surface area (Å²) in [4.78, 5) is 15.8. The van der Waals surface area contributed by atoms with Gasteiger partial charge in [0, 0.05) is 60.3 Å². The van der Waals surface area contributed by atoms with Crippen LogP contribution in [0.4, 0.5) is 0 Å². The predicted octanol–water partition coefficient (Wildman–Crippen LogP) is 20.1. The molecule has 12 aromatic carbocycles. The van der Waals surface area contributed by atoms with Crippen molar-refractivity contribution in [3.8, 4) is 95.5 Å². The van der Waals surface area contributed by atoms with Gasteiger partial charge in [0.15, 0.2) is 17.5 Å². The van der Waals surface area contributed by atoms with Crippen molar-refractivity contribution in [1.29, 1.82) is 0 Å². The zero-order valence-corrected chi connectivity index (χ0v) is 43.7. The van der Waals surface area contributed by atoms with Gasteiger partial charge in [-0.15, -0.1) is 0 Å². The molecule has 0 saturated carbocycles. The van der Waals surface area contributed by atoms with Crippen LogP contribution in [0.2, 0.25) is 0 Å². The number of nitrogens with zero attached hydrogens (tertiary/aromatic N) is 4. The Labute approximate surface area is 466 Å². The second kappa shape index (κ2) is 18.9. The van der Waals surface area contributed by atoms with Gasteiger partial charge in [0.2, 0.25) is 0 Å². The van der Waals surface area contributed by atoms with E-state index < -0.39 is 0 Å². The Balaban J connectivity index is 0.790. The van der Waals surface area contributed by atoms with Crippen LogP contribution in [0.25, 0.3) is 161 Å². The monoisotopic (exact) mass is 1030 g/mol. The van der Waals surface area contributed by atoms with E-state index in [1.54, 1.807) is 0 Å². The zero-order valence-electron chi connectivity index (χ0n) is 43.7. The first-order chi connectivity index (χ1) is 40.1. The number of hydrogen-bond donors (Lipinski definition) is 0. The van der Waals surface area contributed by atoms with Crippen molar-refractivity contribution in [2.75, 3.05) is 0 Å². The van der Waals surface area contributed by atoms with Crippen molar-refractivity contribution in [2.45, 2.75) is 0 Å². The van der Waals surface area contributed by atoms with Crippen molar-refractivity contribution < 1.29 is 8.83 Å². The van der Waals surface area contributed by atoms with E-state index in [4.69, 9.17) is 23.8 Å². The van der Waals surface area contributed by atoms with E-state index in [1.165, 1.54) is 10.8 Å². The van der Waals surface area contributed by atoms with E-state index in [1.807, 2.05) is 42.5 Å². The molecule has 16 aromatic rings. The normalized spacial score (nSPS) is 11.7. The Morgan fingerprint density at radius 1 is 0.247 bits per heavy atom. The molecule has 4 heterocycles. The Kier molecular flexibility index (Phi) is 10.8. The summed E-state index contributed by atoms with van der Waals surface area (Å²) in [5.74, 6) is 1.74. The number of fused-ring (bicyclic) bond motifs is 9. The van der Waals surface area contributed by atoms with E-state index in [0.717, 1.165) is 133 Å². The Hall–Kier alpha value is -11.0. The lowest BCUT2D eigenvalue weighted by Gasteiger charge is -2.13. The molecule has 0 fully saturated rings. The molecule has 0 spiro atoms. The van der Waals surface area contributed by atoms with Crippen LogP contribution in [0, 0.1) is 0 Å². The molecule has 0 unspecified atom stereocenters. The summed E-state index contributed by atoms with van der Waals surface area (Å²) in [5, 5.41) is 6.54. The van der Waals surface area contributed by atoms with Gasteiger partial charge >= 0.3 is 0 Å². The van der Waals surface area contributed by atoms with Crippen molar-refractivity contribution in [3.05, 3.63) is 279 Å². The molecule has 6 heteroatoms. The van der Waals surface area contributed by atoms with Gasteiger partial charge in [-0.1, -0.05) is 200 Å². The fourth-order valence-corrected chi connectivity index (χ4v) is 12.0. The summed E-state index contributed by atoms with van der Waals surface area (Å²) in [6, 6.07) is 98.3. The summed E-state index contributed by atoms with van der Waals surface area (Å²) in [6.07, 6.45) is 0. The molecule has 0 bridgehead atoms. The second-order valence-corrected chi connectivity index (χ2v) is 20.7. The maximum Gasteiger partial charge on any atom is 0.164 e. The standard InChI is InChI=1S/C75H46N4O2/c1-4-17-47(18-5-1)55-42-56(48-19-6-2-7-20-48)44-57(43-55)51-23-14-24-54(41-51)74-76-73(50-21-8-3-9-22-50)77-75(78-74)63-29-16-32-70-71(63)65-46-53(36-40-69(65)80-70)52-35-39-67-64(45-52)60-25-10-12-30-66(60)79(67)58-37-33-49(34-38-58)59-27-15-28-62-61-26-11-13-31-68(61)81-72(59)62/h1-46H. The fraction of sp³-hybridized carbons (Fsp3) is 0. The Morgan fingerprint density at radius 2 is 0.728 bits per heavy atom. The molecule has 0 aliphatic carbocycles. The summed E-state index contributed by atoms with van der Waals surface area (Å²) >= 11 is 0. The first-order valence-corrected chi connectivity index (χ1v) is 27.3. The SMILES string of the molecule is c1ccc(-c2cc(-c3ccccc3)cc(-c3cccc(-c4nc(-c5ccccc5)nc(-c5cccc6oc7ccc(-c8ccc9c(c8)c8ccccc8n9-c8ccc(-c9cccc%10c9oc9ccccc9%10)cc8)cc7c56)n4)c3)c2)cc1. The average Bonchev–Trinajstić information content (AvgIpc) is 4.33.